The quantitative estimate of drug-likeness (QED) is 0.644. The Hall–Kier alpha value is -3.01. The third-order valence-corrected chi connectivity index (χ3v) is 6.50. The van der Waals surface area contributed by atoms with Crippen molar-refractivity contribution in [2.75, 3.05) is 41.3 Å². The Morgan fingerprint density at radius 1 is 0.939 bits per heavy atom. The fraction of sp³-hybridized carbons (Fsp3) is 0.522. The van der Waals surface area contributed by atoms with E-state index in [1.807, 2.05) is 29.2 Å². The molecule has 5 rings (SSSR count). The lowest BCUT2D eigenvalue weighted by Crippen LogP contribution is -2.39. The fourth-order valence-corrected chi connectivity index (χ4v) is 4.57. The number of nitrogens with zero attached hydrogens (tertiary/aromatic N) is 5. The van der Waals surface area contributed by atoms with Gasteiger partial charge in [-0.05, 0) is 37.1 Å². The van der Waals surface area contributed by atoms with Crippen LogP contribution in [-0.2, 0) is 0 Å². The van der Waals surface area contributed by atoms with Gasteiger partial charge in [0.05, 0.1) is 17.5 Å². The molecule has 8 nitrogen and oxygen atoms in total. The summed E-state index contributed by atoms with van der Waals surface area (Å²) in [5.74, 6) is -1.41. The molecule has 3 N–H and O–H groups in total. The first kappa shape index (κ1) is 21.8. The highest BCUT2D eigenvalue weighted by molar-refractivity contribution is 5.84. The van der Waals surface area contributed by atoms with Crippen molar-refractivity contribution in [3.05, 3.63) is 35.5 Å². The average Bonchev–Trinajstić information content (AvgIpc) is 3.09. The molecule has 0 spiro atoms. The van der Waals surface area contributed by atoms with E-state index in [4.69, 9.17) is 4.98 Å². The number of alkyl halides is 2. The van der Waals surface area contributed by atoms with Crippen LogP contribution in [0.4, 0.5) is 31.9 Å². The average molecular weight is 458 g/mol. The van der Waals surface area contributed by atoms with Gasteiger partial charge in [0, 0.05) is 50.4 Å². The van der Waals surface area contributed by atoms with Crippen LogP contribution in [-0.4, -0.2) is 53.4 Å². The number of nitrogens with one attached hydrogen (secondary N) is 2. The lowest BCUT2D eigenvalue weighted by Gasteiger charge is -2.33. The molecule has 1 unspecified atom stereocenters. The number of benzene rings is 1. The molecule has 33 heavy (non-hydrogen) atoms. The van der Waals surface area contributed by atoms with Gasteiger partial charge < -0.3 is 20.2 Å². The highest BCUT2D eigenvalue weighted by atomic mass is 19.3. The smallest absolute Gasteiger partial charge is 0.251 e. The summed E-state index contributed by atoms with van der Waals surface area (Å²) in [6.45, 7) is 2.49. The van der Waals surface area contributed by atoms with E-state index >= 15 is 0 Å². The highest BCUT2D eigenvalue weighted by Crippen LogP contribution is 2.33. The van der Waals surface area contributed by atoms with Gasteiger partial charge in [-0.3, -0.25) is 5.43 Å². The van der Waals surface area contributed by atoms with E-state index in [1.54, 1.807) is 6.21 Å². The predicted octanol–water partition coefficient (Wildman–Crippen LogP) is 3.76. The van der Waals surface area contributed by atoms with Gasteiger partial charge in [0.2, 0.25) is 5.95 Å². The summed E-state index contributed by atoms with van der Waals surface area (Å²) in [5.41, 5.74) is 5.50. The van der Waals surface area contributed by atoms with E-state index < -0.39 is 12.2 Å². The SMILES string of the molecule is OC1NN=Cc2nc(N3CCCCCC3)nc(Nc3ccc(N4CCC(F)(F)CC4)cc3)c21. The zero-order valence-electron chi connectivity index (χ0n) is 18.5. The Bertz CT molecular complexity index is 997. The molecule has 3 aliphatic heterocycles. The molecule has 176 valence electrons. The molecule has 3 aliphatic rings. The van der Waals surface area contributed by atoms with E-state index in [1.165, 1.54) is 12.8 Å². The Kier molecular flexibility index (Phi) is 6.01. The minimum atomic E-state index is -2.56. The molecule has 0 radical (unpaired) electrons. The van der Waals surface area contributed by atoms with E-state index in [-0.39, 0.29) is 12.8 Å². The second kappa shape index (κ2) is 9.09. The van der Waals surface area contributed by atoms with Crippen LogP contribution in [0.2, 0.25) is 0 Å². The number of hydrazone groups is 1. The summed E-state index contributed by atoms with van der Waals surface area (Å²) in [7, 11) is 0. The number of hydrogen-bond donors (Lipinski definition) is 3. The molecular weight excluding hydrogens is 428 g/mol. The van der Waals surface area contributed by atoms with Crippen molar-refractivity contribution in [3.63, 3.8) is 0 Å². The van der Waals surface area contributed by atoms with Crippen molar-refractivity contribution >= 4 is 29.4 Å². The van der Waals surface area contributed by atoms with Crippen molar-refractivity contribution in [2.24, 2.45) is 5.10 Å². The third kappa shape index (κ3) is 4.85. The van der Waals surface area contributed by atoms with E-state index in [0.717, 1.165) is 37.3 Å². The van der Waals surface area contributed by atoms with Crippen molar-refractivity contribution in [2.45, 2.75) is 50.7 Å². The van der Waals surface area contributed by atoms with Gasteiger partial charge in [-0.15, -0.1) is 0 Å². The van der Waals surface area contributed by atoms with Crippen LogP contribution in [0.25, 0.3) is 0 Å². The lowest BCUT2D eigenvalue weighted by atomic mass is 10.1. The lowest BCUT2D eigenvalue weighted by molar-refractivity contribution is -0.0220. The summed E-state index contributed by atoms with van der Waals surface area (Å²) in [6, 6.07) is 7.65. The van der Waals surface area contributed by atoms with Gasteiger partial charge in [-0.1, -0.05) is 12.8 Å². The molecule has 1 atom stereocenters. The van der Waals surface area contributed by atoms with Crippen LogP contribution in [0.15, 0.2) is 29.4 Å². The van der Waals surface area contributed by atoms with E-state index in [0.29, 0.717) is 36.1 Å². The van der Waals surface area contributed by atoms with Gasteiger partial charge in [0.15, 0.2) is 6.23 Å². The predicted molar refractivity (Wildman–Crippen MR) is 125 cm³/mol. The van der Waals surface area contributed by atoms with Crippen LogP contribution in [0.5, 0.6) is 0 Å². The van der Waals surface area contributed by atoms with E-state index in [9.17, 15) is 13.9 Å². The normalized spacial score (nSPS) is 22.3. The maximum atomic E-state index is 13.5. The molecule has 4 heterocycles. The van der Waals surface area contributed by atoms with Crippen LogP contribution >= 0.6 is 0 Å². The van der Waals surface area contributed by atoms with Crippen molar-refractivity contribution in [1.29, 1.82) is 0 Å². The molecular formula is C23H29F2N7O. The standard InChI is InChI=1S/C23H29F2N7O/c24-23(25)9-13-31(14-10-23)17-7-5-16(6-8-17)27-20-19-18(15-26-30-21(19)33)28-22(29-20)32-11-3-1-2-4-12-32/h5-8,15,21,30,33H,1-4,9-14H2,(H,27,28,29). The first-order valence-electron chi connectivity index (χ1n) is 11.6. The number of anilines is 4. The monoisotopic (exact) mass is 457 g/mol. The Labute approximate surface area is 191 Å². The van der Waals surface area contributed by atoms with Crippen LogP contribution in [0.3, 0.4) is 0 Å². The number of rotatable bonds is 4. The van der Waals surface area contributed by atoms with Crippen LogP contribution in [0.1, 0.15) is 56.0 Å². The topological polar surface area (TPSA) is 88.9 Å². The van der Waals surface area contributed by atoms with Crippen LogP contribution in [0, 0.1) is 0 Å². The summed E-state index contributed by atoms with van der Waals surface area (Å²) in [4.78, 5) is 13.6. The molecule has 0 saturated carbocycles. The van der Waals surface area contributed by atoms with Crippen molar-refractivity contribution < 1.29 is 13.9 Å². The van der Waals surface area contributed by atoms with Gasteiger partial charge in [-0.25, -0.2) is 13.8 Å². The number of piperidine rings is 1. The molecule has 2 aromatic rings. The second-order valence-electron chi connectivity index (χ2n) is 8.88. The van der Waals surface area contributed by atoms with Gasteiger partial charge in [0.25, 0.3) is 5.92 Å². The minimum absolute atomic E-state index is 0.119. The fourth-order valence-electron chi connectivity index (χ4n) is 4.57. The molecule has 2 fully saturated rings. The third-order valence-electron chi connectivity index (χ3n) is 6.50. The molecule has 1 aromatic carbocycles. The van der Waals surface area contributed by atoms with Gasteiger partial charge in [0.1, 0.15) is 5.82 Å². The first-order chi connectivity index (χ1) is 16.0. The van der Waals surface area contributed by atoms with Gasteiger partial charge in [-0.2, -0.15) is 10.1 Å². The van der Waals surface area contributed by atoms with Crippen molar-refractivity contribution in [3.8, 4) is 0 Å². The number of aromatic nitrogens is 2. The largest absolute Gasteiger partial charge is 0.371 e. The molecule has 1 aromatic heterocycles. The summed E-state index contributed by atoms with van der Waals surface area (Å²) in [6.07, 6.45) is 4.97. The maximum absolute atomic E-state index is 13.5. The highest BCUT2D eigenvalue weighted by Gasteiger charge is 2.34. The Morgan fingerprint density at radius 2 is 1.64 bits per heavy atom. The molecule has 0 amide bonds. The maximum Gasteiger partial charge on any atom is 0.251 e. The van der Waals surface area contributed by atoms with Crippen LogP contribution < -0.4 is 20.5 Å². The number of halogens is 2. The molecule has 10 heteroatoms. The minimum Gasteiger partial charge on any atom is -0.371 e. The molecule has 0 bridgehead atoms. The number of aliphatic hydroxyl groups excluding tert-OH is 1. The zero-order valence-corrected chi connectivity index (χ0v) is 18.5. The zero-order chi connectivity index (χ0) is 22.8. The Morgan fingerprint density at radius 3 is 2.33 bits per heavy atom. The molecule has 2 saturated heterocycles. The second-order valence-corrected chi connectivity index (χ2v) is 8.88. The number of hydrogen-bond acceptors (Lipinski definition) is 8. The van der Waals surface area contributed by atoms with E-state index in [2.05, 4.69) is 25.7 Å². The molecule has 0 aliphatic carbocycles. The first-order valence-corrected chi connectivity index (χ1v) is 11.6. The summed E-state index contributed by atoms with van der Waals surface area (Å²) >= 11 is 0. The number of fused-ring (bicyclic) bond motifs is 1. The summed E-state index contributed by atoms with van der Waals surface area (Å²) < 4.78 is 26.9. The van der Waals surface area contributed by atoms with Crippen molar-refractivity contribution in [1.82, 2.24) is 15.4 Å². The van der Waals surface area contributed by atoms with Gasteiger partial charge >= 0.3 is 0 Å². The summed E-state index contributed by atoms with van der Waals surface area (Å²) in [5, 5.41) is 17.8. The Balaban J connectivity index is 1.39. The number of aliphatic hydroxyl groups is 1.